The Hall–Kier alpha value is -1.51. The van der Waals surface area contributed by atoms with Crippen LogP contribution in [0.15, 0.2) is 12.1 Å². The average Bonchev–Trinajstić information content (AvgIpc) is 2.27. The lowest BCUT2D eigenvalue weighted by Gasteiger charge is -2.12. The molecule has 0 saturated carbocycles. The fourth-order valence-corrected chi connectivity index (χ4v) is 1.83. The van der Waals surface area contributed by atoms with Crippen LogP contribution in [0.2, 0.25) is 0 Å². The molecule has 1 aliphatic heterocycles. The quantitative estimate of drug-likeness (QED) is 0.601. The van der Waals surface area contributed by atoms with Gasteiger partial charge in [0.2, 0.25) is 5.91 Å². The van der Waals surface area contributed by atoms with Gasteiger partial charge in [0, 0.05) is 7.05 Å². The smallest absolute Gasteiger partial charge is 0.231 e. The molecule has 0 unspecified atom stereocenters. The Morgan fingerprint density at radius 3 is 2.85 bits per heavy atom. The Morgan fingerprint density at radius 2 is 2.15 bits per heavy atom. The van der Waals surface area contributed by atoms with Gasteiger partial charge in [-0.15, -0.1) is 0 Å². The highest BCUT2D eigenvalue weighted by Crippen LogP contribution is 2.34. The highest BCUT2D eigenvalue weighted by molar-refractivity contribution is 6.04. The molecule has 0 atom stereocenters. The third-order valence-electron chi connectivity index (χ3n) is 2.41. The van der Waals surface area contributed by atoms with Crippen LogP contribution in [-0.2, 0) is 11.2 Å². The van der Waals surface area contributed by atoms with E-state index in [2.05, 4.69) is 0 Å². The van der Waals surface area contributed by atoms with E-state index in [1.165, 1.54) is 0 Å². The molecule has 0 saturated heterocycles. The van der Waals surface area contributed by atoms with Gasteiger partial charge in [-0.3, -0.25) is 4.79 Å². The summed E-state index contributed by atoms with van der Waals surface area (Å²) in [6, 6.07) is 3.92. The van der Waals surface area contributed by atoms with Crippen molar-refractivity contribution in [2.75, 3.05) is 17.7 Å². The Balaban J connectivity index is 2.64. The van der Waals surface area contributed by atoms with Gasteiger partial charge in [-0.2, -0.15) is 0 Å². The second kappa shape index (κ2) is 2.49. The number of nitrogen functional groups attached to an aromatic ring is 1. The molecule has 2 rings (SSSR count). The van der Waals surface area contributed by atoms with E-state index in [1.54, 1.807) is 11.9 Å². The normalized spacial score (nSPS) is 14.9. The van der Waals surface area contributed by atoms with E-state index in [1.807, 2.05) is 19.1 Å². The van der Waals surface area contributed by atoms with E-state index < -0.39 is 0 Å². The van der Waals surface area contributed by atoms with Crippen LogP contribution in [0.1, 0.15) is 11.1 Å². The fraction of sp³-hybridized carbons (Fsp3) is 0.300. The number of hydrogen-bond donors (Lipinski definition) is 1. The number of amides is 1. The lowest BCUT2D eigenvalue weighted by molar-refractivity contribution is -0.117. The number of aryl methyl sites for hydroxylation is 1. The first-order valence-electron chi connectivity index (χ1n) is 4.25. The van der Waals surface area contributed by atoms with E-state index in [0.717, 1.165) is 16.8 Å². The van der Waals surface area contributed by atoms with E-state index in [0.29, 0.717) is 12.1 Å². The standard InChI is InChI=1S/C10H12N2O/c1-6-3-7-5-9(13)12(2)10(7)8(11)4-6/h3-4H,5,11H2,1-2H3. The summed E-state index contributed by atoms with van der Waals surface area (Å²) < 4.78 is 0. The highest BCUT2D eigenvalue weighted by atomic mass is 16.2. The molecule has 0 spiro atoms. The highest BCUT2D eigenvalue weighted by Gasteiger charge is 2.25. The maximum absolute atomic E-state index is 11.4. The van der Waals surface area contributed by atoms with Gasteiger partial charge in [-0.1, -0.05) is 6.07 Å². The van der Waals surface area contributed by atoms with Crippen LogP contribution in [0.5, 0.6) is 0 Å². The largest absolute Gasteiger partial charge is 0.397 e. The number of nitrogens with two attached hydrogens (primary N) is 1. The molecule has 1 aromatic carbocycles. The average molecular weight is 176 g/mol. The zero-order valence-electron chi connectivity index (χ0n) is 7.79. The molecule has 1 aromatic rings. The fourth-order valence-electron chi connectivity index (χ4n) is 1.83. The number of carbonyl (C=O) groups excluding carboxylic acids is 1. The molecule has 3 heteroatoms. The van der Waals surface area contributed by atoms with Gasteiger partial charge in [0.25, 0.3) is 0 Å². The van der Waals surface area contributed by atoms with Crippen molar-refractivity contribution in [2.45, 2.75) is 13.3 Å². The summed E-state index contributed by atoms with van der Waals surface area (Å²) in [6.45, 7) is 1.99. The van der Waals surface area contributed by atoms with Crippen molar-refractivity contribution >= 4 is 17.3 Å². The molecule has 0 bridgehead atoms. The first-order chi connectivity index (χ1) is 6.09. The third-order valence-corrected chi connectivity index (χ3v) is 2.41. The van der Waals surface area contributed by atoms with Gasteiger partial charge in [0.05, 0.1) is 17.8 Å². The molecule has 1 amide bonds. The molecular formula is C10H12N2O. The number of carbonyl (C=O) groups is 1. The van der Waals surface area contributed by atoms with Crippen LogP contribution in [-0.4, -0.2) is 13.0 Å². The van der Waals surface area contributed by atoms with Crippen LogP contribution in [0.4, 0.5) is 11.4 Å². The van der Waals surface area contributed by atoms with Crippen molar-refractivity contribution in [3.05, 3.63) is 23.3 Å². The number of fused-ring (bicyclic) bond motifs is 1. The number of nitrogens with zero attached hydrogens (tertiary/aromatic N) is 1. The molecule has 0 aliphatic carbocycles. The molecular weight excluding hydrogens is 164 g/mol. The van der Waals surface area contributed by atoms with Crippen molar-refractivity contribution in [3.63, 3.8) is 0 Å². The van der Waals surface area contributed by atoms with Gasteiger partial charge in [0.1, 0.15) is 0 Å². The Labute approximate surface area is 77.1 Å². The molecule has 2 N–H and O–H groups in total. The summed E-state index contributed by atoms with van der Waals surface area (Å²) in [5.74, 6) is 0.118. The van der Waals surface area contributed by atoms with E-state index in [-0.39, 0.29) is 5.91 Å². The van der Waals surface area contributed by atoms with Gasteiger partial charge >= 0.3 is 0 Å². The minimum Gasteiger partial charge on any atom is -0.397 e. The summed E-state index contributed by atoms with van der Waals surface area (Å²) >= 11 is 0. The predicted octanol–water partition coefficient (Wildman–Crippen LogP) is 1.10. The third kappa shape index (κ3) is 1.08. The lowest BCUT2D eigenvalue weighted by Crippen LogP contribution is -2.21. The molecule has 1 heterocycles. The van der Waals surface area contributed by atoms with E-state index >= 15 is 0 Å². The Bertz CT molecular complexity index is 385. The Morgan fingerprint density at radius 1 is 1.46 bits per heavy atom. The van der Waals surface area contributed by atoms with Crippen molar-refractivity contribution in [1.29, 1.82) is 0 Å². The van der Waals surface area contributed by atoms with Crippen molar-refractivity contribution < 1.29 is 4.79 Å². The van der Waals surface area contributed by atoms with Gasteiger partial charge in [0.15, 0.2) is 0 Å². The van der Waals surface area contributed by atoms with Crippen LogP contribution >= 0.6 is 0 Å². The minimum absolute atomic E-state index is 0.118. The predicted molar refractivity (Wildman–Crippen MR) is 52.7 cm³/mol. The number of benzene rings is 1. The van der Waals surface area contributed by atoms with Gasteiger partial charge in [-0.05, 0) is 24.1 Å². The SMILES string of the molecule is Cc1cc(N)c2c(c1)CC(=O)N2C. The lowest BCUT2D eigenvalue weighted by atomic mass is 10.1. The molecule has 0 aromatic heterocycles. The van der Waals surface area contributed by atoms with Crippen LogP contribution in [0.25, 0.3) is 0 Å². The van der Waals surface area contributed by atoms with Crippen molar-refractivity contribution in [3.8, 4) is 0 Å². The number of likely N-dealkylation sites (N-methyl/N-ethyl adjacent to an activating group) is 1. The zero-order chi connectivity index (χ0) is 9.59. The second-order valence-electron chi connectivity index (χ2n) is 3.49. The number of hydrogen-bond acceptors (Lipinski definition) is 2. The molecule has 0 radical (unpaired) electrons. The second-order valence-corrected chi connectivity index (χ2v) is 3.49. The van der Waals surface area contributed by atoms with Gasteiger partial charge in [-0.25, -0.2) is 0 Å². The molecule has 1 aliphatic rings. The molecule has 0 fully saturated rings. The zero-order valence-corrected chi connectivity index (χ0v) is 7.79. The maximum Gasteiger partial charge on any atom is 0.231 e. The van der Waals surface area contributed by atoms with Crippen LogP contribution in [0.3, 0.4) is 0 Å². The van der Waals surface area contributed by atoms with Crippen molar-refractivity contribution in [1.82, 2.24) is 0 Å². The Kier molecular flexibility index (Phi) is 1.55. The van der Waals surface area contributed by atoms with E-state index in [4.69, 9.17) is 5.73 Å². The first-order valence-corrected chi connectivity index (χ1v) is 4.25. The summed E-state index contributed by atoms with van der Waals surface area (Å²) in [5, 5.41) is 0. The summed E-state index contributed by atoms with van der Waals surface area (Å²) in [7, 11) is 1.76. The number of anilines is 2. The summed E-state index contributed by atoms with van der Waals surface area (Å²) in [4.78, 5) is 13.0. The minimum atomic E-state index is 0.118. The molecule has 3 nitrogen and oxygen atoms in total. The molecule has 68 valence electrons. The number of rotatable bonds is 0. The van der Waals surface area contributed by atoms with Crippen LogP contribution < -0.4 is 10.6 Å². The van der Waals surface area contributed by atoms with E-state index in [9.17, 15) is 4.79 Å². The molecule has 13 heavy (non-hydrogen) atoms. The monoisotopic (exact) mass is 176 g/mol. The maximum atomic E-state index is 11.4. The summed E-state index contributed by atoms with van der Waals surface area (Å²) in [6.07, 6.45) is 0.484. The van der Waals surface area contributed by atoms with Gasteiger partial charge < -0.3 is 10.6 Å². The topological polar surface area (TPSA) is 46.3 Å². The summed E-state index contributed by atoms with van der Waals surface area (Å²) in [5.41, 5.74) is 9.57. The first kappa shape index (κ1) is 8.10. The van der Waals surface area contributed by atoms with Crippen molar-refractivity contribution in [2.24, 2.45) is 0 Å². The van der Waals surface area contributed by atoms with Crippen LogP contribution in [0, 0.1) is 6.92 Å².